The molecule has 0 atom stereocenters. The van der Waals surface area contributed by atoms with E-state index in [4.69, 9.17) is 16.7 Å². The fraction of sp³-hybridized carbons (Fsp3) is 0.0769. The van der Waals surface area contributed by atoms with Crippen LogP contribution in [0.5, 0.6) is 0 Å². The molecule has 2 aromatic carbocycles. The molecule has 0 radical (unpaired) electrons. The highest BCUT2D eigenvalue weighted by Gasteiger charge is 2.19. The highest BCUT2D eigenvalue weighted by molar-refractivity contribution is 7.92. The van der Waals surface area contributed by atoms with Gasteiger partial charge in [-0.3, -0.25) is 4.72 Å². The molecule has 0 aromatic heterocycles. The molecule has 2 N–H and O–H groups in total. The summed E-state index contributed by atoms with van der Waals surface area (Å²) >= 11 is 5.83. The van der Waals surface area contributed by atoms with Crippen molar-refractivity contribution in [2.45, 2.75) is 11.5 Å². The fourth-order valence-corrected chi connectivity index (χ4v) is 3.22. The Morgan fingerprint density at radius 1 is 1.10 bits per heavy atom. The van der Waals surface area contributed by atoms with Crippen LogP contribution >= 0.6 is 11.6 Å². The van der Waals surface area contributed by atoms with E-state index >= 15 is 0 Å². The van der Waals surface area contributed by atoms with Gasteiger partial charge in [-0.1, -0.05) is 17.7 Å². The van der Waals surface area contributed by atoms with Crippen molar-refractivity contribution < 1.29 is 22.3 Å². The lowest BCUT2D eigenvalue weighted by Crippen LogP contribution is -2.14. The van der Waals surface area contributed by atoms with Crippen LogP contribution in [0.15, 0.2) is 41.3 Å². The van der Waals surface area contributed by atoms with Gasteiger partial charge in [0.05, 0.1) is 17.3 Å². The Labute approximate surface area is 125 Å². The Hall–Kier alpha value is -1.70. The summed E-state index contributed by atoms with van der Waals surface area (Å²) in [4.78, 5) is -0.263. The Kier molecular flexibility index (Phi) is 4.46. The second-order valence-electron chi connectivity index (χ2n) is 4.16. The van der Waals surface area contributed by atoms with Crippen molar-refractivity contribution in [1.82, 2.24) is 0 Å². The largest absolute Gasteiger partial charge is 0.392 e. The minimum Gasteiger partial charge on any atom is -0.392 e. The van der Waals surface area contributed by atoms with Crippen LogP contribution in [-0.2, 0) is 16.6 Å². The summed E-state index contributed by atoms with van der Waals surface area (Å²) in [6.07, 6.45) is 0. The molecule has 0 spiro atoms. The number of aliphatic hydroxyl groups is 1. The molecule has 4 nitrogen and oxygen atoms in total. The van der Waals surface area contributed by atoms with Crippen molar-refractivity contribution in [3.8, 4) is 0 Å². The number of aliphatic hydroxyl groups excluding tert-OH is 1. The third kappa shape index (κ3) is 3.49. The molecule has 0 fully saturated rings. The number of anilines is 1. The predicted molar refractivity (Wildman–Crippen MR) is 74.5 cm³/mol. The van der Waals surface area contributed by atoms with Gasteiger partial charge >= 0.3 is 0 Å². The Bertz CT molecular complexity index is 781. The van der Waals surface area contributed by atoms with E-state index in [9.17, 15) is 17.2 Å². The minimum absolute atomic E-state index is 0.0534. The molecule has 0 saturated heterocycles. The Morgan fingerprint density at radius 3 is 2.43 bits per heavy atom. The number of hydrogen-bond acceptors (Lipinski definition) is 3. The summed E-state index contributed by atoms with van der Waals surface area (Å²) in [5.74, 6) is -2.26. The molecule has 8 heteroatoms. The van der Waals surface area contributed by atoms with Crippen LogP contribution in [0.1, 0.15) is 5.56 Å². The van der Waals surface area contributed by atoms with Crippen molar-refractivity contribution >= 4 is 27.3 Å². The molecule has 2 rings (SSSR count). The van der Waals surface area contributed by atoms with Crippen molar-refractivity contribution in [2.24, 2.45) is 0 Å². The van der Waals surface area contributed by atoms with Crippen LogP contribution in [0, 0.1) is 11.6 Å². The lowest BCUT2D eigenvalue weighted by Gasteiger charge is -2.10. The summed E-state index contributed by atoms with van der Waals surface area (Å²) in [6, 6.07) is 6.60. The third-order valence-electron chi connectivity index (χ3n) is 2.64. The van der Waals surface area contributed by atoms with Gasteiger partial charge in [0.1, 0.15) is 4.90 Å². The summed E-state index contributed by atoms with van der Waals surface area (Å²) < 4.78 is 52.4. The highest BCUT2D eigenvalue weighted by Crippen LogP contribution is 2.25. The lowest BCUT2D eigenvalue weighted by atomic mass is 10.2. The predicted octanol–water partition coefficient (Wildman–Crippen LogP) is 2.91. The third-order valence-corrected chi connectivity index (χ3v) is 4.50. The van der Waals surface area contributed by atoms with Crippen LogP contribution in [0.25, 0.3) is 0 Å². The van der Waals surface area contributed by atoms with E-state index in [2.05, 4.69) is 4.72 Å². The van der Waals surface area contributed by atoms with Crippen molar-refractivity contribution in [2.75, 3.05) is 4.72 Å². The maximum absolute atomic E-state index is 13.1. The monoisotopic (exact) mass is 333 g/mol. The standard InChI is InChI=1S/C13H10ClF2NO3S/c14-10-3-1-8(7-18)5-13(10)21(19,20)17-9-2-4-11(15)12(16)6-9/h1-6,17-18H,7H2. The van der Waals surface area contributed by atoms with Crippen LogP contribution in [0.2, 0.25) is 5.02 Å². The second-order valence-corrected chi connectivity index (χ2v) is 6.22. The molecule has 0 heterocycles. The number of halogens is 3. The molecule has 2 aromatic rings. The number of nitrogens with one attached hydrogen (secondary N) is 1. The molecule has 0 amide bonds. The summed E-state index contributed by atoms with van der Waals surface area (Å²) in [7, 11) is -4.09. The Morgan fingerprint density at radius 2 is 1.81 bits per heavy atom. The first-order valence-corrected chi connectivity index (χ1v) is 7.57. The average Bonchev–Trinajstić information content (AvgIpc) is 2.43. The topological polar surface area (TPSA) is 66.4 Å². The number of rotatable bonds is 4. The molecule has 0 aliphatic carbocycles. The smallest absolute Gasteiger partial charge is 0.263 e. The highest BCUT2D eigenvalue weighted by atomic mass is 35.5. The molecule has 0 aliphatic heterocycles. The normalized spacial score (nSPS) is 11.4. The summed E-state index contributed by atoms with van der Waals surface area (Å²) in [5.41, 5.74) is 0.212. The number of sulfonamides is 1. The number of hydrogen-bond donors (Lipinski definition) is 2. The second kappa shape index (κ2) is 5.97. The van der Waals surface area contributed by atoms with Crippen LogP contribution < -0.4 is 4.72 Å². The molecule has 0 aliphatic rings. The summed E-state index contributed by atoms with van der Waals surface area (Å²) in [6.45, 7) is -0.356. The van der Waals surface area contributed by atoms with Gasteiger partial charge in [-0.25, -0.2) is 17.2 Å². The molecule has 21 heavy (non-hydrogen) atoms. The van der Waals surface area contributed by atoms with Gasteiger partial charge < -0.3 is 5.11 Å². The molecular weight excluding hydrogens is 324 g/mol. The van der Waals surface area contributed by atoms with Gasteiger partial charge in [0.25, 0.3) is 10.0 Å². The maximum Gasteiger partial charge on any atom is 0.263 e. The van der Waals surface area contributed by atoms with E-state index in [0.717, 1.165) is 18.2 Å². The zero-order chi connectivity index (χ0) is 15.6. The van der Waals surface area contributed by atoms with E-state index in [1.165, 1.54) is 18.2 Å². The zero-order valence-corrected chi connectivity index (χ0v) is 12.0. The quantitative estimate of drug-likeness (QED) is 0.904. The van der Waals surface area contributed by atoms with Gasteiger partial charge in [-0.15, -0.1) is 0 Å². The first kappa shape index (κ1) is 15.7. The molecule has 0 saturated carbocycles. The average molecular weight is 334 g/mol. The van der Waals surface area contributed by atoms with Gasteiger partial charge in [0.15, 0.2) is 11.6 Å². The van der Waals surface area contributed by atoms with Gasteiger partial charge in [-0.05, 0) is 29.8 Å². The minimum atomic E-state index is -4.09. The molecule has 112 valence electrons. The van der Waals surface area contributed by atoms with Gasteiger partial charge in [0.2, 0.25) is 0 Å². The SMILES string of the molecule is O=S(=O)(Nc1ccc(F)c(F)c1)c1cc(CO)ccc1Cl. The number of benzene rings is 2. The van der Waals surface area contributed by atoms with Crippen molar-refractivity contribution in [3.05, 3.63) is 58.6 Å². The van der Waals surface area contributed by atoms with Crippen LogP contribution in [0.3, 0.4) is 0 Å². The fourth-order valence-electron chi connectivity index (χ4n) is 1.62. The zero-order valence-electron chi connectivity index (χ0n) is 10.5. The summed E-state index contributed by atoms with van der Waals surface area (Å²) in [5, 5.41) is 8.97. The van der Waals surface area contributed by atoms with Gasteiger partial charge in [-0.2, -0.15) is 0 Å². The molecule has 0 unspecified atom stereocenters. The first-order valence-electron chi connectivity index (χ1n) is 5.70. The lowest BCUT2D eigenvalue weighted by molar-refractivity contribution is 0.281. The first-order chi connectivity index (χ1) is 9.83. The molecule has 0 bridgehead atoms. The molecular formula is C13H10ClF2NO3S. The van der Waals surface area contributed by atoms with E-state index < -0.39 is 21.7 Å². The van der Waals surface area contributed by atoms with Crippen LogP contribution in [-0.4, -0.2) is 13.5 Å². The maximum atomic E-state index is 13.1. The van der Waals surface area contributed by atoms with Crippen LogP contribution in [0.4, 0.5) is 14.5 Å². The van der Waals surface area contributed by atoms with E-state index in [0.29, 0.717) is 5.56 Å². The van der Waals surface area contributed by atoms with E-state index in [1.807, 2.05) is 0 Å². The van der Waals surface area contributed by atoms with E-state index in [1.54, 1.807) is 0 Å². The van der Waals surface area contributed by atoms with Crippen molar-refractivity contribution in [3.63, 3.8) is 0 Å². The van der Waals surface area contributed by atoms with Crippen molar-refractivity contribution in [1.29, 1.82) is 0 Å². The Balaban J connectivity index is 2.40. The van der Waals surface area contributed by atoms with E-state index in [-0.39, 0.29) is 22.2 Å². The van der Waals surface area contributed by atoms with Gasteiger partial charge in [0, 0.05) is 6.07 Å².